The first-order valence-corrected chi connectivity index (χ1v) is 11.5. The van der Waals surface area contributed by atoms with Gasteiger partial charge in [0.25, 0.3) is 5.91 Å². The molecule has 0 saturated carbocycles. The number of piperazine rings is 1. The van der Waals surface area contributed by atoms with Crippen LogP contribution in [0.15, 0.2) is 47.4 Å². The van der Waals surface area contributed by atoms with Crippen LogP contribution in [0.4, 0.5) is 5.69 Å². The van der Waals surface area contributed by atoms with Crippen molar-refractivity contribution in [3.05, 3.63) is 59.2 Å². The molecule has 0 radical (unpaired) electrons. The fraction of sp³-hybridized carbons (Fsp3) is 0.409. The molecule has 1 fully saturated rings. The van der Waals surface area contributed by atoms with Crippen LogP contribution in [0.3, 0.4) is 0 Å². The summed E-state index contributed by atoms with van der Waals surface area (Å²) in [4.78, 5) is 17.3. The summed E-state index contributed by atoms with van der Waals surface area (Å²) >= 11 is 0. The third kappa shape index (κ3) is 5.00. The fourth-order valence-electron chi connectivity index (χ4n) is 3.60. The van der Waals surface area contributed by atoms with Crippen molar-refractivity contribution < 1.29 is 17.9 Å². The highest BCUT2D eigenvalue weighted by Gasteiger charge is 2.25. The Labute approximate surface area is 178 Å². The number of rotatable bonds is 7. The van der Waals surface area contributed by atoms with E-state index in [1.54, 1.807) is 11.0 Å². The van der Waals surface area contributed by atoms with Crippen LogP contribution in [0, 0.1) is 13.8 Å². The molecule has 1 aliphatic rings. The van der Waals surface area contributed by atoms with E-state index in [9.17, 15) is 13.2 Å². The molecule has 1 heterocycles. The highest BCUT2D eigenvalue weighted by atomic mass is 32.2. The SMILES string of the molecule is COCCNS(=O)(=O)c1ccc(C)c(C(=O)N2CCN(c3ccccc3C)CC2)c1. The molecule has 162 valence electrons. The van der Waals surface area contributed by atoms with Crippen LogP contribution < -0.4 is 9.62 Å². The Bertz CT molecular complexity index is 999. The molecule has 30 heavy (non-hydrogen) atoms. The molecule has 8 heteroatoms. The van der Waals surface area contributed by atoms with Gasteiger partial charge in [0.05, 0.1) is 11.5 Å². The average molecular weight is 432 g/mol. The predicted molar refractivity (Wildman–Crippen MR) is 118 cm³/mol. The normalized spacial score (nSPS) is 14.8. The van der Waals surface area contributed by atoms with E-state index in [0.29, 0.717) is 18.7 Å². The highest BCUT2D eigenvalue weighted by Crippen LogP contribution is 2.23. The third-order valence-corrected chi connectivity index (χ3v) is 6.83. The van der Waals surface area contributed by atoms with Gasteiger partial charge < -0.3 is 14.5 Å². The number of aryl methyl sites for hydroxylation is 2. The standard InChI is InChI=1S/C22H29N3O4S/c1-17-8-9-19(30(27,28)23-10-15-29-3)16-20(17)22(26)25-13-11-24(12-14-25)21-7-5-4-6-18(21)2/h4-9,16,23H,10-15H2,1-3H3. The number of methoxy groups -OCH3 is 1. The minimum Gasteiger partial charge on any atom is -0.383 e. The molecule has 1 saturated heterocycles. The van der Waals surface area contributed by atoms with E-state index in [1.165, 1.54) is 30.5 Å². The van der Waals surface area contributed by atoms with Crippen molar-refractivity contribution in [2.24, 2.45) is 0 Å². The maximum Gasteiger partial charge on any atom is 0.254 e. The molecule has 0 aliphatic carbocycles. The zero-order valence-corrected chi connectivity index (χ0v) is 18.5. The molecule has 3 rings (SSSR count). The summed E-state index contributed by atoms with van der Waals surface area (Å²) < 4.78 is 32.4. The molecule has 0 spiro atoms. The molecule has 0 atom stereocenters. The van der Waals surface area contributed by atoms with Gasteiger partial charge in [0, 0.05) is 51.1 Å². The molecule has 0 unspecified atom stereocenters. The summed E-state index contributed by atoms with van der Waals surface area (Å²) in [6, 6.07) is 12.9. The lowest BCUT2D eigenvalue weighted by atomic mass is 10.1. The lowest BCUT2D eigenvalue weighted by Gasteiger charge is -2.37. The number of carbonyl (C=O) groups is 1. The number of ether oxygens (including phenoxy) is 1. The van der Waals surface area contributed by atoms with Crippen molar-refractivity contribution in [2.75, 3.05) is 51.3 Å². The summed E-state index contributed by atoms with van der Waals surface area (Å²) in [5.41, 5.74) is 3.59. The van der Waals surface area contributed by atoms with Crippen LogP contribution in [-0.4, -0.2) is 65.7 Å². The number of benzene rings is 2. The van der Waals surface area contributed by atoms with Crippen LogP contribution in [-0.2, 0) is 14.8 Å². The van der Waals surface area contributed by atoms with Crippen molar-refractivity contribution in [2.45, 2.75) is 18.7 Å². The van der Waals surface area contributed by atoms with Gasteiger partial charge in [0.1, 0.15) is 0 Å². The van der Waals surface area contributed by atoms with E-state index in [-0.39, 0.29) is 24.0 Å². The first-order valence-electron chi connectivity index (χ1n) is 10.0. The highest BCUT2D eigenvalue weighted by molar-refractivity contribution is 7.89. The Morgan fingerprint density at radius 3 is 2.40 bits per heavy atom. The van der Waals surface area contributed by atoms with Gasteiger partial charge in [0.2, 0.25) is 10.0 Å². The molecule has 0 aromatic heterocycles. The number of para-hydroxylation sites is 1. The fourth-order valence-corrected chi connectivity index (χ4v) is 4.64. The van der Waals surface area contributed by atoms with Crippen LogP contribution in [0.2, 0.25) is 0 Å². The molecular weight excluding hydrogens is 402 g/mol. The third-order valence-electron chi connectivity index (χ3n) is 5.37. The maximum atomic E-state index is 13.1. The number of amides is 1. The van der Waals surface area contributed by atoms with E-state index in [2.05, 4.69) is 28.7 Å². The van der Waals surface area contributed by atoms with E-state index >= 15 is 0 Å². The lowest BCUT2D eigenvalue weighted by Crippen LogP contribution is -2.49. The maximum absolute atomic E-state index is 13.1. The number of anilines is 1. The van der Waals surface area contributed by atoms with Gasteiger partial charge in [-0.05, 0) is 43.2 Å². The zero-order valence-electron chi connectivity index (χ0n) is 17.7. The second-order valence-corrected chi connectivity index (χ2v) is 9.20. The van der Waals surface area contributed by atoms with Crippen molar-refractivity contribution in [3.63, 3.8) is 0 Å². The van der Waals surface area contributed by atoms with Crippen LogP contribution in [0.25, 0.3) is 0 Å². The van der Waals surface area contributed by atoms with Crippen LogP contribution in [0.5, 0.6) is 0 Å². The second-order valence-electron chi connectivity index (χ2n) is 7.43. The smallest absolute Gasteiger partial charge is 0.254 e. The zero-order chi connectivity index (χ0) is 21.7. The van der Waals surface area contributed by atoms with Crippen molar-refractivity contribution in [1.82, 2.24) is 9.62 Å². The minimum absolute atomic E-state index is 0.0890. The number of nitrogens with zero attached hydrogens (tertiary/aromatic N) is 2. The van der Waals surface area contributed by atoms with Gasteiger partial charge in [0.15, 0.2) is 0 Å². The predicted octanol–water partition coefficient (Wildman–Crippen LogP) is 2.19. The van der Waals surface area contributed by atoms with Crippen molar-refractivity contribution >= 4 is 21.6 Å². The quantitative estimate of drug-likeness (QED) is 0.680. The molecule has 7 nitrogen and oxygen atoms in total. The lowest BCUT2D eigenvalue weighted by molar-refractivity contribution is 0.0746. The van der Waals surface area contributed by atoms with Crippen molar-refractivity contribution in [3.8, 4) is 0 Å². The summed E-state index contributed by atoms with van der Waals surface area (Å²) in [6.07, 6.45) is 0. The topological polar surface area (TPSA) is 78.9 Å². The summed E-state index contributed by atoms with van der Waals surface area (Å²) in [5.74, 6) is -0.133. The number of sulfonamides is 1. The average Bonchev–Trinajstić information content (AvgIpc) is 2.74. The molecule has 1 aliphatic heterocycles. The van der Waals surface area contributed by atoms with Gasteiger partial charge in [-0.1, -0.05) is 24.3 Å². The minimum atomic E-state index is -3.69. The van der Waals surface area contributed by atoms with Crippen LogP contribution in [0.1, 0.15) is 21.5 Å². The van der Waals surface area contributed by atoms with Gasteiger partial charge in [-0.15, -0.1) is 0 Å². The monoisotopic (exact) mass is 431 g/mol. The van der Waals surface area contributed by atoms with Crippen LogP contribution >= 0.6 is 0 Å². The van der Waals surface area contributed by atoms with E-state index in [1.807, 2.05) is 19.1 Å². The Morgan fingerprint density at radius 2 is 1.73 bits per heavy atom. The second kappa shape index (κ2) is 9.59. The molecular formula is C22H29N3O4S. The largest absolute Gasteiger partial charge is 0.383 e. The van der Waals surface area contributed by atoms with E-state index in [0.717, 1.165) is 18.7 Å². The number of hydrogen-bond acceptors (Lipinski definition) is 5. The molecule has 2 aromatic carbocycles. The molecule has 2 aromatic rings. The number of hydrogen-bond donors (Lipinski definition) is 1. The van der Waals surface area contributed by atoms with Gasteiger partial charge in [-0.2, -0.15) is 0 Å². The molecule has 0 bridgehead atoms. The Kier molecular flexibility index (Phi) is 7.12. The van der Waals surface area contributed by atoms with Gasteiger partial charge in [-0.3, -0.25) is 4.79 Å². The summed E-state index contributed by atoms with van der Waals surface area (Å²) in [7, 11) is -2.18. The van der Waals surface area contributed by atoms with Gasteiger partial charge >= 0.3 is 0 Å². The first kappa shape index (κ1) is 22.3. The van der Waals surface area contributed by atoms with E-state index in [4.69, 9.17) is 4.74 Å². The van der Waals surface area contributed by atoms with Gasteiger partial charge in [-0.25, -0.2) is 13.1 Å². The molecule has 1 amide bonds. The Balaban J connectivity index is 1.72. The first-order chi connectivity index (χ1) is 14.3. The summed E-state index contributed by atoms with van der Waals surface area (Å²) in [5, 5.41) is 0. The molecule has 1 N–H and O–H groups in total. The Hall–Kier alpha value is -2.42. The Morgan fingerprint density at radius 1 is 1.03 bits per heavy atom. The van der Waals surface area contributed by atoms with Crippen molar-refractivity contribution in [1.29, 1.82) is 0 Å². The number of nitrogens with one attached hydrogen (secondary N) is 1. The number of carbonyl (C=O) groups excluding carboxylic acids is 1. The van der Waals surface area contributed by atoms with E-state index < -0.39 is 10.0 Å². The summed E-state index contributed by atoms with van der Waals surface area (Å²) in [6.45, 7) is 7.04.